The summed E-state index contributed by atoms with van der Waals surface area (Å²) in [6, 6.07) is 19.2. The van der Waals surface area contributed by atoms with Gasteiger partial charge in [-0.1, -0.05) is 68.7 Å². The molecule has 1 saturated carbocycles. The van der Waals surface area contributed by atoms with Crippen LogP contribution in [0, 0.1) is 6.92 Å². The summed E-state index contributed by atoms with van der Waals surface area (Å²) in [6.45, 7) is 5.61. The van der Waals surface area contributed by atoms with E-state index in [4.69, 9.17) is 0 Å². The molecule has 0 amide bonds. The molecule has 2 aromatic heterocycles. The quantitative estimate of drug-likeness (QED) is 0.320. The summed E-state index contributed by atoms with van der Waals surface area (Å²) in [6.07, 6.45) is 7.56. The second kappa shape index (κ2) is 11.2. The third-order valence-corrected chi connectivity index (χ3v) is 7.47. The van der Waals surface area contributed by atoms with Gasteiger partial charge in [-0.3, -0.25) is 9.69 Å². The Bertz CT molecular complexity index is 1340. The van der Waals surface area contributed by atoms with Crippen molar-refractivity contribution in [2.45, 2.75) is 77.4 Å². The molecule has 4 aromatic rings. The molecule has 0 aliphatic heterocycles. The topological polar surface area (TPSA) is 79.7 Å². The summed E-state index contributed by atoms with van der Waals surface area (Å²) in [5.74, 6) is 0.935. The maximum atomic E-state index is 13.2. The van der Waals surface area contributed by atoms with Gasteiger partial charge in [0.15, 0.2) is 5.82 Å². The predicted octanol–water partition coefficient (Wildman–Crippen LogP) is 5.52. The second-order valence-corrected chi connectivity index (χ2v) is 10.1. The van der Waals surface area contributed by atoms with Crippen LogP contribution in [0.25, 0.3) is 10.9 Å². The van der Waals surface area contributed by atoms with Crippen molar-refractivity contribution >= 4 is 10.9 Å². The van der Waals surface area contributed by atoms with E-state index in [1.165, 1.54) is 18.4 Å². The molecule has 1 fully saturated rings. The number of H-pyrrole nitrogens is 1. The van der Waals surface area contributed by atoms with Gasteiger partial charge >= 0.3 is 0 Å². The van der Waals surface area contributed by atoms with Gasteiger partial charge in [0.1, 0.15) is 0 Å². The van der Waals surface area contributed by atoms with Crippen molar-refractivity contribution in [2.75, 3.05) is 6.54 Å². The first-order chi connectivity index (χ1) is 17.6. The highest BCUT2D eigenvalue weighted by Crippen LogP contribution is 2.33. The van der Waals surface area contributed by atoms with E-state index in [2.05, 4.69) is 73.4 Å². The lowest BCUT2D eigenvalue weighted by molar-refractivity contribution is 0.163. The third kappa shape index (κ3) is 5.41. The lowest BCUT2D eigenvalue weighted by Crippen LogP contribution is -2.34. The zero-order chi connectivity index (χ0) is 24.9. The largest absolute Gasteiger partial charge is 0.322 e. The van der Waals surface area contributed by atoms with Crippen molar-refractivity contribution in [3.63, 3.8) is 0 Å². The van der Waals surface area contributed by atoms with Crippen LogP contribution in [0.3, 0.4) is 0 Å². The minimum Gasteiger partial charge on any atom is -0.322 e. The van der Waals surface area contributed by atoms with Gasteiger partial charge in [-0.25, -0.2) is 4.68 Å². The van der Waals surface area contributed by atoms with Crippen LogP contribution in [-0.4, -0.2) is 36.6 Å². The fourth-order valence-corrected chi connectivity index (χ4v) is 5.54. The molecule has 0 radical (unpaired) electrons. The van der Waals surface area contributed by atoms with Crippen LogP contribution in [0.15, 0.2) is 59.4 Å². The average molecular weight is 485 g/mol. The minimum atomic E-state index is -0.0246. The molecule has 2 aromatic carbocycles. The lowest BCUT2D eigenvalue weighted by atomic mass is 10.0. The van der Waals surface area contributed by atoms with E-state index in [1.54, 1.807) is 0 Å². The Balaban J connectivity index is 1.50. The number of pyridine rings is 1. The lowest BCUT2D eigenvalue weighted by Gasteiger charge is -2.31. The van der Waals surface area contributed by atoms with E-state index in [-0.39, 0.29) is 11.6 Å². The molecule has 1 atom stereocenters. The number of hydrogen-bond acceptors (Lipinski definition) is 5. The zero-order valence-electron chi connectivity index (χ0n) is 21.4. The molecule has 0 unspecified atom stereocenters. The SMILES string of the molecule is CCC[C@H](c1nnnn1C1CCCC1)N(CCc1ccccc1)Cc1cc2ccc(C)cc2[nH]c1=O. The highest BCUT2D eigenvalue weighted by atomic mass is 16.1. The van der Waals surface area contributed by atoms with Crippen molar-refractivity contribution < 1.29 is 0 Å². The maximum absolute atomic E-state index is 13.2. The molecule has 1 aliphatic carbocycles. The number of fused-ring (bicyclic) bond motifs is 1. The number of hydrogen-bond donors (Lipinski definition) is 1. The van der Waals surface area contributed by atoms with Gasteiger partial charge in [0.2, 0.25) is 0 Å². The highest BCUT2D eigenvalue weighted by molar-refractivity contribution is 5.79. The van der Waals surface area contributed by atoms with E-state index in [0.717, 1.165) is 66.5 Å². The van der Waals surface area contributed by atoms with E-state index >= 15 is 0 Å². The van der Waals surface area contributed by atoms with Gasteiger partial charge in [0, 0.05) is 24.2 Å². The fourth-order valence-electron chi connectivity index (χ4n) is 5.54. The number of benzene rings is 2. The Morgan fingerprint density at radius 2 is 1.92 bits per heavy atom. The monoisotopic (exact) mass is 484 g/mol. The normalized spacial score (nSPS) is 15.2. The van der Waals surface area contributed by atoms with Gasteiger partial charge in [-0.15, -0.1) is 5.10 Å². The van der Waals surface area contributed by atoms with Crippen LogP contribution in [0.4, 0.5) is 0 Å². The van der Waals surface area contributed by atoms with Gasteiger partial charge in [-0.05, 0) is 71.7 Å². The molecule has 7 heteroatoms. The molecule has 36 heavy (non-hydrogen) atoms. The standard InChI is InChI=1S/C29H36N6O/c1-3-9-27(28-31-32-33-35(28)25-12-7-8-13-25)34(17-16-22-10-5-4-6-11-22)20-24-19-23-15-14-21(2)18-26(23)30-29(24)36/h4-6,10-11,14-15,18-19,25,27H,3,7-9,12-13,16-17,20H2,1-2H3,(H,30,36)/t27-/m1/s1. The highest BCUT2D eigenvalue weighted by Gasteiger charge is 2.30. The van der Waals surface area contributed by atoms with Crippen molar-refractivity contribution in [1.82, 2.24) is 30.1 Å². The molecule has 188 valence electrons. The van der Waals surface area contributed by atoms with Crippen molar-refractivity contribution in [3.8, 4) is 0 Å². The van der Waals surface area contributed by atoms with Crippen LogP contribution >= 0.6 is 0 Å². The van der Waals surface area contributed by atoms with Crippen LogP contribution in [0.5, 0.6) is 0 Å². The predicted molar refractivity (Wildman–Crippen MR) is 143 cm³/mol. The Kier molecular flexibility index (Phi) is 7.56. The summed E-state index contributed by atoms with van der Waals surface area (Å²) in [5, 5.41) is 14.2. The minimum absolute atomic E-state index is 0.0246. The number of nitrogens with zero attached hydrogens (tertiary/aromatic N) is 5. The molecular weight excluding hydrogens is 448 g/mol. The van der Waals surface area contributed by atoms with Gasteiger partial charge in [0.05, 0.1) is 12.1 Å². The molecule has 0 spiro atoms. The molecule has 1 aliphatic rings. The average Bonchev–Trinajstić information content (AvgIpc) is 3.58. The maximum Gasteiger partial charge on any atom is 0.252 e. The number of aromatic amines is 1. The molecule has 2 heterocycles. The van der Waals surface area contributed by atoms with Crippen LogP contribution in [0.2, 0.25) is 0 Å². The first kappa shape index (κ1) is 24.4. The van der Waals surface area contributed by atoms with Gasteiger partial charge in [-0.2, -0.15) is 0 Å². The third-order valence-electron chi connectivity index (χ3n) is 7.47. The fraction of sp³-hybridized carbons (Fsp3) is 0.448. The number of aryl methyl sites for hydroxylation is 1. The van der Waals surface area contributed by atoms with E-state index < -0.39 is 0 Å². The Morgan fingerprint density at radius 1 is 1.11 bits per heavy atom. The molecule has 0 saturated heterocycles. The summed E-state index contributed by atoms with van der Waals surface area (Å²) in [7, 11) is 0. The smallest absolute Gasteiger partial charge is 0.252 e. The van der Waals surface area contributed by atoms with Crippen molar-refractivity contribution in [3.05, 3.63) is 87.5 Å². The summed E-state index contributed by atoms with van der Waals surface area (Å²) >= 11 is 0. The van der Waals surface area contributed by atoms with Crippen LogP contribution in [0.1, 0.15) is 80.0 Å². The van der Waals surface area contributed by atoms with Crippen molar-refractivity contribution in [1.29, 1.82) is 0 Å². The summed E-state index contributed by atoms with van der Waals surface area (Å²) in [5.41, 5.74) is 4.06. The van der Waals surface area contributed by atoms with E-state index in [9.17, 15) is 4.79 Å². The summed E-state index contributed by atoms with van der Waals surface area (Å²) in [4.78, 5) is 18.7. The van der Waals surface area contributed by atoms with Crippen LogP contribution < -0.4 is 5.56 Å². The molecule has 7 nitrogen and oxygen atoms in total. The number of tetrazole rings is 1. The van der Waals surface area contributed by atoms with E-state index in [0.29, 0.717) is 12.6 Å². The number of rotatable bonds is 10. The number of nitrogens with one attached hydrogen (secondary N) is 1. The zero-order valence-corrected chi connectivity index (χ0v) is 21.4. The second-order valence-electron chi connectivity index (χ2n) is 10.1. The summed E-state index contributed by atoms with van der Waals surface area (Å²) < 4.78 is 2.08. The first-order valence-corrected chi connectivity index (χ1v) is 13.3. The Labute approximate surface area is 212 Å². The van der Waals surface area contributed by atoms with Crippen LogP contribution in [-0.2, 0) is 13.0 Å². The van der Waals surface area contributed by atoms with Crippen molar-refractivity contribution in [2.24, 2.45) is 0 Å². The Morgan fingerprint density at radius 3 is 2.69 bits per heavy atom. The first-order valence-electron chi connectivity index (χ1n) is 13.3. The van der Waals surface area contributed by atoms with Gasteiger partial charge < -0.3 is 4.98 Å². The molecule has 5 rings (SSSR count). The Hall–Kier alpha value is -3.32. The molecular formula is C29H36N6O. The number of aromatic nitrogens is 5. The van der Waals surface area contributed by atoms with Gasteiger partial charge in [0.25, 0.3) is 5.56 Å². The van der Waals surface area contributed by atoms with E-state index in [1.807, 2.05) is 25.1 Å². The molecule has 0 bridgehead atoms. The molecule has 1 N–H and O–H groups in total.